The van der Waals surface area contributed by atoms with Crippen LogP contribution >= 0.6 is 0 Å². The lowest BCUT2D eigenvalue weighted by atomic mass is 9.85. The average molecular weight is 397 g/mol. The van der Waals surface area contributed by atoms with E-state index in [1.54, 1.807) is 12.1 Å². The molecule has 3 rings (SSSR count). The summed E-state index contributed by atoms with van der Waals surface area (Å²) in [6.07, 6.45) is 2.90. The highest BCUT2D eigenvalue weighted by Crippen LogP contribution is 2.42. The second kappa shape index (κ2) is 8.86. The van der Waals surface area contributed by atoms with Gasteiger partial charge >= 0.3 is 0 Å². The Labute approximate surface area is 168 Å². The summed E-state index contributed by atoms with van der Waals surface area (Å²) in [5, 5.41) is 11.7. The van der Waals surface area contributed by atoms with Gasteiger partial charge < -0.3 is 14.3 Å². The van der Waals surface area contributed by atoms with Crippen molar-refractivity contribution in [2.24, 2.45) is 5.92 Å². The second-order valence-corrected chi connectivity index (χ2v) is 7.02. The number of hydrogen-bond acceptors (Lipinski definition) is 6. The van der Waals surface area contributed by atoms with Gasteiger partial charge in [0.2, 0.25) is 0 Å². The molecule has 29 heavy (non-hydrogen) atoms. The van der Waals surface area contributed by atoms with Gasteiger partial charge in [-0.1, -0.05) is 37.6 Å². The van der Waals surface area contributed by atoms with Crippen molar-refractivity contribution >= 4 is 17.8 Å². The molecule has 2 aromatic carbocycles. The summed E-state index contributed by atoms with van der Waals surface area (Å²) in [4.78, 5) is 36.1. The summed E-state index contributed by atoms with van der Waals surface area (Å²) in [6.45, 7) is 2.40. The summed E-state index contributed by atoms with van der Waals surface area (Å²) in [7, 11) is 1.42. The number of ketones is 1. The Kier molecular flexibility index (Phi) is 6.26. The van der Waals surface area contributed by atoms with Gasteiger partial charge in [-0.25, -0.2) is 0 Å². The number of hydrogen-bond donors (Lipinski definition) is 0. The lowest BCUT2D eigenvalue weighted by Gasteiger charge is -2.17. The first-order valence-electron chi connectivity index (χ1n) is 9.58. The van der Waals surface area contributed by atoms with Crippen LogP contribution < -0.4 is 9.47 Å². The summed E-state index contributed by atoms with van der Waals surface area (Å²) < 4.78 is 10.9. The molecule has 0 fully saturated rings. The first-order valence-corrected chi connectivity index (χ1v) is 9.58. The molecule has 0 heterocycles. The number of ether oxygens (including phenoxy) is 2. The van der Waals surface area contributed by atoms with Crippen molar-refractivity contribution in [2.75, 3.05) is 13.7 Å². The number of carbonyl (C=O) groups is 2. The highest BCUT2D eigenvalue weighted by molar-refractivity contribution is 6.06. The van der Waals surface area contributed by atoms with E-state index in [-0.39, 0.29) is 22.7 Å². The number of benzene rings is 2. The van der Waals surface area contributed by atoms with Crippen molar-refractivity contribution in [1.29, 1.82) is 0 Å². The maximum atomic E-state index is 13.4. The third-order valence-electron chi connectivity index (χ3n) is 5.23. The van der Waals surface area contributed by atoms with Gasteiger partial charge in [0.25, 0.3) is 5.69 Å². The fourth-order valence-electron chi connectivity index (χ4n) is 3.75. The van der Waals surface area contributed by atoms with Gasteiger partial charge in [-0.05, 0) is 24.0 Å². The fraction of sp³-hybridized carbons (Fsp3) is 0.364. The Morgan fingerprint density at radius 2 is 2.03 bits per heavy atom. The van der Waals surface area contributed by atoms with Crippen LogP contribution in [0.5, 0.6) is 11.5 Å². The smallest absolute Gasteiger partial charge is 0.284 e. The van der Waals surface area contributed by atoms with E-state index in [1.165, 1.54) is 19.2 Å². The van der Waals surface area contributed by atoms with Gasteiger partial charge in [0.15, 0.2) is 17.3 Å². The van der Waals surface area contributed by atoms with E-state index in [4.69, 9.17) is 9.47 Å². The van der Waals surface area contributed by atoms with Crippen LogP contribution in [-0.2, 0) is 11.2 Å². The summed E-state index contributed by atoms with van der Waals surface area (Å²) in [5.74, 6) is -1.28. The predicted octanol–water partition coefficient (Wildman–Crippen LogP) is 4.12. The molecule has 0 saturated carbocycles. The first-order chi connectivity index (χ1) is 14.0. The van der Waals surface area contributed by atoms with Crippen LogP contribution in [0.3, 0.4) is 0 Å². The maximum absolute atomic E-state index is 13.4. The van der Waals surface area contributed by atoms with E-state index < -0.39 is 22.5 Å². The van der Waals surface area contributed by atoms with Crippen LogP contribution in [0.25, 0.3) is 0 Å². The van der Waals surface area contributed by atoms with Crippen molar-refractivity contribution in [3.63, 3.8) is 0 Å². The molecule has 0 aliphatic heterocycles. The molecule has 152 valence electrons. The number of nitro groups is 1. The van der Waals surface area contributed by atoms with E-state index in [2.05, 4.69) is 0 Å². The minimum atomic E-state index is -0.751. The Hall–Kier alpha value is -3.22. The Morgan fingerprint density at radius 3 is 2.69 bits per heavy atom. The Bertz CT molecular complexity index is 939. The Balaban J connectivity index is 2.06. The highest BCUT2D eigenvalue weighted by Gasteiger charge is 2.40. The average Bonchev–Trinajstić information content (AvgIpc) is 3.11. The van der Waals surface area contributed by atoms with Crippen LogP contribution in [0.1, 0.15) is 47.2 Å². The lowest BCUT2D eigenvalue weighted by molar-refractivity contribution is -0.385. The van der Waals surface area contributed by atoms with Crippen molar-refractivity contribution < 1.29 is 24.0 Å². The lowest BCUT2D eigenvalue weighted by Crippen LogP contribution is -2.20. The summed E-state index contributed by atoms with van der Waals surface area (Å²) >= 11 is 0. The van der Waals surface area contributed by atoms with Crippen molar-refractivity contribution in [3.05, 3.63) is 63.2 Å². The zero-order chi connectivity index (χ0) is 21.0. The third-order valence-corrected chi connectivity index (χ3v) is 5.23. The molecule has 2 atom stereocenters. The van der Waals surface area contributed by atoms with Gasteiger partial charge in [-0.15, -0.1) is 0 Å². The van der Waals surface area contributed by atoms with Gasteiger partial charge in [-0.3, -0.25) is 14.9 Å². The number of rotatable bonds is 9. The zero-order valence-electron chi connectivity index (χ0n) is 16.4. The van der Waals surface area contributed by atoms with Crippen molar-refractivity contribution in [2.45, 2.75) is 32.1 Å². The monoisotopic (exact) mass is 397 g/mol. The van der Waals surface area contributed by atoms with Gasteiger partial charge in [-0.2, -0.15) is 0 Å². The van der Waals surface area contributed by atoms with Crippen LogP contribution in [-0.4, -0.2) is 30.7 Å². The number of fused-ring (bicyclic) bond motifs is 1. The molecule has 0 N–H and O–H groups in total. The molecule has 7 heteroatoms. The third kappa shape index (κ3) is 3.99. The molecule has 1 aliphatic carbocycles. The van der Waals surface area contributed by atoms with Crippen LogP contribution in [0.2, 0.25) is 0 Å². The molecule has 0 bridgehead atoms. The number of nitrogens with zero attached hydrogens (tertiary/aromatic N) is 1. The van der Waals surface area contributed by atoms with Gasteiger partial charge in [0.1, 0.15) is 6.29 Å². The van der Waals surface area contributed by atoms with Crippen molar-refractivity contribution in [1.82, 2.24) is 0 Å². The standard InChI is InChI=1S/C22H23NO6/c1-3-4-9-29-20-12-18(23(26)27)17(11-19(20)28-2)22(25)21-15(13-24)10-14-7-5-6-8-16(14)21/h5-8,11-13,15,21H,3-4,9-10H2,1-2H3/t15-,21?/m0/s1. The number of Topliss-reactive ketones (excluding diaryl/α,β-unsaturated/α-hetero) is 1. The number of methoxy groups -OCH3 is 1. The van der Waals surface area contributed by atoms with E-state index >= 15 is 0 Å². The molecule has 2 aromatic rings. The molecule has 1 aliphatic rings. The van der Waals surface area contributed by atoms with Crippen LogP contribution in [0, 0.1) is 16.0 Å². The van der Waals surface area contributed by atoms with Crippen LogP contribution in [0.4, 0.5) is 5.69 Å². The molecule has 1 unspecified atom stereocenters. The molecular weight excluding hydrogens is 374 g/mol. The Morgan fingerprint density at radius 1 is 1.28 bits per heavy atom. The van der Waals surface area contributed by atoms with Crippen molar-refractivity contribution in [3.8, 4) is 11.5 Å². The summed E-state index contributed by atoms with van der Waals surface area (Å²) in [5.41, 5.74) is 1.22. The highest BCUT2D eigenvalue weighted by atomic mass is 16.6. The maximum Gasteiger partial charge on any atom is 0.284 e. The second-order valence-electron chi connectivity index (χ2n) is 7.02. The molecule has 7 nitrogen and oxygen atoms in total. The molecule has 0 saturated heterocycles. The number of aldehydes is 1. The fourth-order valence-corrected chi connectivity index (χ4v) is 3.75. The van der Waals surface area contributed by atoms with Gasteiger partial charge in [0, 0.05) is 12.0 Å². The van der Waals surface area contributed by atoms with E-state index in [9.17, 15) is 19.7 Å². The number of nitro benzene ring substituents is 1. The largest absolute Gasteiger partial charge is 0.493 e. The molecular formula is C22H23NO6. The van der Waals surface area contributed by atoms with Crippen LogP contribution in [0.15, 0.2) is 36.4 Å². The number of unbranched alkanes of at least 4 members (excludes halogenated alkanes) is 1. The minimum Gasteiger partial charge on any atom is -0.493 e. The normalized spacial score (nSPS) is 17.4. The SMILES string of the molecule is CCCCOc1cc([N+](=O)[O-])c(C(=O)C2c3ccccc3C[C@H]2C=O)cc1OC. The predicted molar refractivity (Wildman–Crippen MR) is 107 cm³/mol. The van der Waals surface area contributed by atoms with E-state index in [0.717, 1.165) is 30.3 Å². The molecule has 0 spiro atoms. The number of carbonyl (C=O) groups excluding carboxylic acids is 2. The van der Waals surface area contributed by atoms with E-state index in [0.29, 0.717) is 13.0 Å². The minimum absolute atomic E-state index is 0.0803. The summed E-state index contributed by atoms with van der Waals surface area (Å²) in [6, 6.07) is 9.90. The first kappa shape index (κ1) is 20.5. The quantitative estimate of drug-likeness (QED) is 0.208. The van der Waals surface area contributed by atoms with Gasteiger partial charge in [0.05, 0.1) is 36.2 Å². The molecule has 0 amide bonds. The molecule has 0 radical (unpaired) electrons. The molecule has 0 aromatic heterocycles. The van der Waals surface area contributed by atoms with E-state index in [1.807, 2.05) is 19.1 Å². The topological polar surface area (TPSA) is 95.7 Å². The zero-order valence-corrected chi connectivity index (χ0v) is 16.4.